The third kappa shape index (κ3) is 5.18. The summed E-state index contributed by atoms with van der Waals surface area (Å²) in [7, 11) is 0. The Morgan fingerprint density at radius 1 is 1.04 bits per heavy atom. The fourth-order valence-corrected chi connectivity index (χ4v) is 3.38. The largest absolute Gasteiger partial charge is 0.352 e. The van der Waals surface area contributed by atoms with Crippen molar-refractivity contribution < 1.29 is 4.79 Å². The first-order valence-electron chi connectivity index (χ1n) is 9.27. The van der Waals surface area contributed by atoms with E-state index in [0.717, 1.165) is 44.5 Å². The van der Waals surface area contributed by atoms with Gasteiger partial charge in [0.05, 0.1) is 11.6 Å². The lowest BCUT2D eigenvalue weighted by atomic mass is 9.95. The molecule has 1 aliphatic rings. The van der Waals surface area contributed by atoms with Crippen molar-refractivity contribution in [3.63, 3.8) is 0 Å². The predicted molar refractivity (Wildman–Crippen MR) is 102 cm³/mol. The average Bonchev–Trinajstić information content (AvgIpc) is 2.72. The Morgan fingerprint density at radius 2 is 1.73 bits per heavy atom. The molecule has 4 nitrogen and oxygen atoms in total. The molecule has 1 amide bonds. The van der Waals surface area contributed by atoms with Crippen molar-refractivity contribution >= 4 is 5.91 Å². The minimum atomic E-state index is 0.130. The van der Waals surface area contributed by atoms with E-state index in [1.807, 2.05) is 54.6 Å². The molecule has 0 spiro atoms. The summed E-state index contributed by atoms with van der Waals surface area (Å²) in [6, 6.07) is 20.0. The molecule has 3 rings (SSSR count). The second kappa shape index (κ2) is 9.17. The lowest BCUT2D eigenvalue weighted by Gasteiger charge is -2.31. The number of nitriles is 1. The van der Waals surface area contributed by atoms with Crippen LogP contribution in [0, 0.1) is 17.2 Å². The quantitative estimate of drug-likeness (QED) is 0.873. The maximum atomic E-state index is 12.4. The summed E-state index contributed by atoms with van der Waals surface area (Å²) < 4.78 is 0. The van der Waals surface area contributed by atoms with Crippen LogP contribution in [0.25, 0.3) is 0 Å². The summed E-state index contributed by atoms with van der Waals surface area (Å²) in [6.45, 7) is 3.56. The van der Waals surface area contributed by atoms with Gasteiger partial charge in [-0.2, -0.15) is 5.26 Å². The summed E-state index contributed by atoms with van der Waals surface area (Å²) >= 11 is 0. The van der Waals surface area contributed by atoms with E-state index in [9.17, 15) is 4.79 Å². The molecule has 0 saturated carbocycles. The predicted octanol–water partition coefficient (Wildman–Crippen LogP) is 3.13. The molecular formula is C22H25N3O. The van der Waals surface area contributed by atoms with Crippen LogP contribution in [-0.4, -0.2) is 30.4 Å². The zero-order valence-electron chi connectivity index (χ0n) is 15.0. The van der Waals surface area contributed by atoms with Crippen LogP contribution in [0.3, 0.4) is 0 Å². The highest BCUT2D eigenvalue weighted by molar-refractivity contribution is 5.78. The second-order valence-corrected chi connectivity index (χ2v) is 6.88. The van der Waals surface area contributed by atoms with Crippen molar-refractivity contribution in [2.75, 3.05) is 19.6 Å². The number of carbonyl (C=O) groups is 1. The molecule has 4 heteroatoms. The molecule has 1 saturated heterocycles. The number of piperidine rings is 1. The molecule has 2 aromatic carbocycles. The summed E-state index contributed by atoms with van der Waals surface area (Å²) in [6.07, 6.45) is 2.83. The van der Waals surface area contributed by atoms with Crippen LogP contribution in [0.5, 0.6) is 0 Å². The van der Waals surface area contributed by atoms with Crippen LogP contribution in [0.1, 0.15) is 29.5 Å². The van der Waals surface area contributed by atoms with Crippen molar-refractivity contribution in [2.45, 2.75) is 25.8 Å². The molecule has 1 fully saturated rings. The van der Waals surface area contributed by atoms with Crippen molar-refractivity contribution in [1.29, 1.82) is 5.26 Å². The van der Waals surface area contributed by atoms with Gasteiger partial charge in [-0.25, -0.2) is 0 Å². The lowest BCUT2D eigenvalue weighted by molar-refractivity contribution is -0.126. The standard InChI is InChI=1S/C22H25N3O/c23-16-19-8-6-18(7-9-19)10-13-25-14-11-21(12-15-25)22(26)24-17-20-4-2-1-3-5-20/h1-9,21H,10-15,17H2,(H,24,26). The molecular weight excluding hydrogens is 322 g/mol. The molecule has 2 aromatic rings. The number of amides is 1. The van der Waals surface area contributed by atoms with Crippen LogP contribution >= 0.6 is 0 Å². The number of rotatable bonds is 6. The van der Waals surface area contributed by atoms with E-state index in [-0.39, 0.29) is 11.8 Å². The lowest BCUT2D eigenvalue weighted by Crippen LogP contribution is -2.41. The van der Waals surface area contributed by atoms with Gasteiger partial charge in [0.25, 0.3) is 0 Å². The monoisotopic (exact) mass is 347 g/mol. The molecule has 0 aromatic heterocycles. The van der Waals surface area contributed by atoms with E-state index in [1.165, 1.54) is 5.56 Å². The number of carbonyl (C=O) groups excluding carboxylic acids is 1. The molecule has 1 aliphatic heterocycles. The topological polar surface area (TPSA) is 56.1 Å². The van der Waals surface area contributed by atoms with Crippen LogP contribution in [0.2, 0.25) is 0 Å². The Hall–Kier alpha value is -2.64. The fraction of sp³-hybridized carbons (Fsp3) is 0.364. The van der Waals surface area contributed by atoms with E-state index in [2.05, 4.69) is 16.3 Å². The molecule has 134 valence electrons. The Kier molecular flexibility index (Phi) is 6.40. The fourth-order valence-electron chi connectivity index (χ4n) is 3.38. The van der Waals surface area contributed by atoms with E-state index in [0.29, 0.717) is 12.1 Å². The molecule has 0 bridgehead atoms. The first-order valence-corrected chi connectivity index (χ1v) is 9.27. The third-order valence-electron chi connectivity index (χ3n) is 5.07. The van der Waals surface area contributed by atoms with Crippen molar-refractivity contribution in [2.24, 2.45) is 5.92 Å². The third-order valence-corrected chi connectivity index (χ3v) is 5.07. The first kappa shape index (κ1) is 18.2. The van der Waals surface area contributed by atoms with Crippen LogP contribution in [0.4, 0.5) is 0 Å². The molecule has 0 radical (unpaired) electrons. The van der Waals surface area contributed by atoms with Gasteiger partial charge in [-0.1, -0.05) is 42.5 Å². The number of hydrogen-bond acceptors (Lipinski definition) is 3. The first-order chi connectivity index (χ1) is 12.7. The normalized spacial score (nSPS) is 15.3. The Labute approximate surface area is 155 Å². The highest BCUT2D eigenvalue weighted by atomic mass is 16.1. The van der Waals surface area contributed by atoms with Crippen molar-refractivity contribution in [3.8, 4) is 6.07 Å². The van der Waals surface area contributed by atoms with Gasteiger partial charge in [0.15, 0.2) is 0 Å². The van der Waals surface area contributed by atoms with Gasteiger partial charge >= 0.3 is 0 Å². The maximum Gasteiger partial charge on any atom is 0.223 e. The van der Waals surface area contributed by atoms with E-state index >= 15 is 0 Å². The highest BCUT2D eigenvalue weighted by Crippen LogP contribution is 2.18. The zero-order valence-corrected chi connectivity index (χ0v) is 15.0. The van der Waals surface area contributed by atoms with Gasteiger partial charge in [-0.3, -0.25) is 4.79 Å². The second-order valence-electron chi connectivity index (χ2n) is 6.88. The SMILES string of the molecule is N#Cc1ccc(CCN2CCC(C(=O)NCc3ccccc3)CC2)cc1. The Balaban J connectivity index is 1.38. The van der Waals surface area contributed by atoms with E-state index in [4.69, 9.17) is 5.26 Å². The minimum Gasteiger partial charge on any atom is -0.352 e. The van der Waals surface area contributed by atoms with Crippen molar-refractivity contribution in [1.82, 2.24) is 10.2 Å². The Morgan fingerprint density at radius 3 is 2.38 bits per heavy atom. The van der Waals surface area contributed by atoms with Crippen LogP contribution < -0.4 is 5.32 Å². The van der Waals surface area contributed by atoms with E-state index in [1.54, 1.807) is 0 Å². The highest BCUT2D eigenvalue weighted by Gasteiger charge is 2.24. The van der Waals surface area contributed by atoms with Gasteiger partial charge in [-0.05, 0) is 55.6 Å². The number of hydrogen-bond donors (Lipinski definition) is 1. The Bertz CT molecular complexity index is 741. The summed E-state index contributed by atoms with van der Waals surface area (Å²) in [5.74, 6) is 0.311. The zero-order chi connectivity index (χ0) is 18.2. The van der Waals surface area contributed by atoms with Gasteiger partial charge in [-0.15, -0.1) is 0 Å². The summed E-state index contributed by atoms with van der Waals surface area (Å²) in [5.41, 5.74) is 3.10. The number of nitrogens with zero attached hydrogens (tertiary/aromatic N) is 2. The maximum absolute atomic E-state index is 12.4. The van der Waals surface area contributed by atoms with Gasteiger partial charge < -0.3 is 10.2 Å². The molecule has 0 aliphatic carbocycles. The molecule has 1 N–H and O–H groups in total. The van der Waals surface area contributed by atoms with Gasteiger partial charge in [0.1, 0.15) is 0 Å². The molecule has 0 atom stereocenters. The van der Waals surface area contributed by atoms with Crippen LogP contribution in [0.15, 0.2) is 54.6 Å². The average molecular weight is 347 g/mol. The molecule has 26 heavy (non-hydrogen) atoms. The number of likely N-dealkylation sites (tertiary alicyclic amines) is 1. The van der Waals surface area contributed by atoms with E-state index < -0.39 is 0 Å². The van der Waals surface area contributed by atoms with Crippen molar-refractivity contribution in [3.05, 3.63) is 71.3 Å². The van der Waals surface area contributed by atoms with Crippen LogP contribution in [-0.2, 0) is 17.8 Å². The minimum absolute atomic E-state index is 0.130. The summed E-state index contributed by atoms with van der Waals surface area (Å²) in [4.78, 5) is 14.8. The molecule has 1 heterocycles. The number of benzene rings is 2. The van der Waals surface area contributed by atoms with Gasteiger partial charge in [0, 0.05) is 19.0 Å². The van der Waals surface area contributed by atoms with Gasteiger partial charge in [0.2, 0.25) is 5.91 Å². The smallest absolute Gasteiger partial charge is 0.223 e. The molecule has 0 unspecified atom stereocenters. The summed E-state index contributed by atoms with van der Waals surface area (Å²) in [5, 5.41) is 11.9. The number of nitrogens with one attached hydrogen (secondary N) is 1.